The van der Waals surface area contributed by atoms with Gasteiger partial charge in [0.15, 0.2) is 0 Å². The van der Waals surface area contributed by atoms with Crippen molar-refractivity contribution in [3.63, 3.8) is 0 Å². The molecule has 0 aromatic carbocycles. The summed E-state index contributed by atoms with van der Waals surface area (Å²) in [4.78, 5) is 10.6. The maximum atomic E-state index is 10.6. The Bertz CT molecular complexity index is 140. The van der Waals surface area contributed by atoms with Crippen LogP contribution in [0.2, 0.25) is 0 Å². The number of hydrogen-bond acceptors (Lipinski definition) is 3. The first-order valence-electron chi connectivity index (χ1n) is 3.56. The van der Waals surface area contributed by atoms with E-state index in [-0.39, 0.29) is 17.9 Å². The Hall–Kier alpha value is -0.610. The summed E-state index contributed by atoms with van der Waals surface area (Å²) < 4.78 is 0. The van der Waals surface area contributed by atoms with E-state index in [1.54, 1.807) is 5.48 Å². The molecule has 0 fully saturated rings. The lowest BCUT2D eigenvalue weighted by Crippen LogP contribution is -2.39. The fraction of sp³-hybridized carbons (Fsp3) is 0.857. The fourth-order valence-electron chi connectivity index (χ4n) is 0.552. The van der Waals surface area contributed by atoms with Gasteiger partial charge in [0.25, 0.3) is 0 Å². The van der Waals surface area contributed by atoms with Gasteiger partial charge >= 0.3 is 0 Å². The van der Waals surface area contributed by atoms with Crippen molar-refractivity contribution in [2.24, 2.45) is 11.1 Å². The van der Waals surface area contributed by atoms with Gasteiger partial charge in [-0.25, -0.2) is 5.48 Å². The molecule has 0 aliphatic rings. The predicted molar refractivity (Wildman–Crippen MR) is 42.0 cm³/mol. The van der Waals surface area contributed by atoms with E-state index < -0.39 is 5.91 Å². The Labute approximate surface area is 66.7 Å². The average Bonchev–Trinajstić information content (AvgIpc) is 1.85. The van der Waals surface area contributed by atoms with Crippen molar-refractivity contribution in [2.75, 3.05) is 0 Å². The standard InChI is InChI=1S/C7H16N2O2/c1-7(2,3)5(8)4-6(10)9-11/h5,11H,4,8H2,1-3H3,(H,9,10). The van der Waals surface area contributed by atoms with Crippen LogP contribution in [-0.4, -0.2) is 17.2 Å². The molecule has 0 saturated carbocycles. The van der Waals surface area contributed by atoms with E-state index in [9.17, 15) is 4.79 Å². The minimum atomic E-state index is -0.438. The minimum Gasteiger partial charge on any atom is -0.327 e. The highest BCUT2D eigenvalue weighted by Gasteiger charge is 2.22. The smallest absolute Gasteiger partial charge is 0.244 e. The molecule has 0 heterocycles. The highest BCUT2D eigenvalue weighted by molar-refractivity contribution is 5.75. The minimum absolute atomic E-state index is 0.105. The molecule has 0 aliphatic carbocycles. The third-order valence-corrected chi connectivity index (χ3v) is 1.64. The van der Waals surface area contributed by atoms with Gasteiger partial charge in [0.1, 0.15) is 0 Å². The summed E-state index contributed by atoms with van der Waals surface area (Å²) in [5, 5.41) is 8.19. The molecule has 0 rings (SSSR count). The van der Waals surface area contributed by atoms with Gasteiger partial charge in [0.2, 0.25) is 5.91 Å². The zero-order chi connectivity index (χ0) is 9.07. The van der Waals surface area contributed by atoms with Crippen LogP contribution < -0.4 is 11.2 Å². The molecule has 4 heteroatoms. The van der Waals surface area contributed by atoms with Gasteiger partial charge in [-0.05, 0) is 5.41 Å². The summed E-state index contributed by atoms with van der Waals surface area (Å²) in [7, 11) is 0. The van der Waals surface area contributed by atoms with Crippen molar-refractivity contribution in [1.82, 2.24) is 5.48 Å². The molecule has 1 amide bonds. The molecule has 0 aromatic rings. The Morgan fingerprint density at radius 2 is 2.09 bits per heavy atom. The Morgan fingerprint density at radius 3 is 2.36 bits per heavy atom. The van der Waals surface area contributed by atoms with E-state index >= 15 is 0 Å². The van der Waals surface area contributed by atoms with Crippen LogP contribution in [-0.2, 0) is 4.79 Å². The summed E-state index contributed by atoms with van der Waals surface area (Å²) in [6, 6.07) is -0.227. The molecule has 0 spiro atoms. The van der Waals surface area contributed by atoms with Gasteiger partial charge in [0.05, 0.1) is 0 Å². The summed E-state index contributed by atoms with van der Waals surface area (Å²) in [6.07, 6.45) is 0.153. The Morgan fingerprint density at radius 1 is 1.64 bits per heavy atom. The number of nitrogens with one attached hydrogen (secondary N) is 1. The van der Waals surface area contributed by atoms with Crippen molar-refractivity contribution in [3.8, 4) is 0 Å². The van der Waals surface area contributed by atoms with Crippen LogP contribution in [0.3, 0.4) is 0 Å². The summed E-state index contributed by atoms with van der Waals surface area (Å²) in [6.45, 7) is 5.84. The first-order valence-corrected chi connectivity index (χ1v) is 3.56. The molecular formula is C7H16N2O2. The number of carbonyl (C=O) groups is 1. The maximum Gasteiger partial charge on any atom is 0.244 e. The molecule has 1 unspecified atom stereocenters. The van der Waals surface area contributed by atoms with Crippen molar-refractivity contribution in [3.05, 3.63) is 0 Å². The molecule has 66 valence electrons. The molecule has 0 bridgehead atoms. The molecular weight excluding hydrogens is 144 g/mol. The number of hydroxylamine groups is 1. The topological polar surface area (TPSA) is 75.4 Å². The molecule has 4 N–H and O–H groups in total. The van der Waals surface area contributed by atoms with Crippen LogP contribution in [0.1, 0.15) is 27.2 Å². The lowest BCUT2D eigenvalue weighted by atomic mass is 9.85. The van der Waals surface area contributed by atoms with Crippen LogP contribution in [0.5, 0.6) is 0 Å². The zero-order valence-corrected chi connectivity index (χ0v) is 7.22. The van der Waals surface area contributed by atoms with Crippen molar-refractivity contribution < 1.29 is 10.0 Å². The number of carbonyl (C=O) groups excluding carboxylic acids is 1. The SMILES string of the molecule is CC(C)(C)C(N)CC(=O)NO. The van der Waals surface area contributed by atoms with Crippen molar-refractivity contribution >= 4 is 5.91 Å². The van der Waals surface area contributed by atoms with E-state index in [4.69, 9.17) is 10.9 Å². The lowest BCUT2D eigenvalue weighted by Gasteiger charge is -2.25. The van der Waals surface area contributed by atoms with Crippen LogP contribution in [0, 0.1) is 5.41 Å². The molecule has 1 atom stereocenters. The number of nitrogens with two attached hydrogens (primary N) is 1. The monoisotopic (exact) mass is 160 g/mol. The first kappa shape index (κ1) is 10.4. The summed E-state index contributed by atoms with van der Waals surface area (Å²) in [5.41, 5.74) is 7.10. The normalized spacial score (nSPS) is 14.3. The number of amides is 1. The third kappa shape index (κ3) is 3.95. The maximum absolute atomic E-state index is 10.6. The van der Waals surface area contributed by atoms with E-state index in [0.29, 0.717) is 0 Å². The van der Waals surface area contributed by atoms with Crippen molar-refractivity contribution in [2.45, 2.75) is 33.2 Å². The largest absolute Gasteiger partial charge is 0.327 e. The van der Waals surface area contributed by atoms with E-state index in [2.05, 4.69) is 0 Å². The molecule has 0 saturated heterocycles. The first-order chi connectivity index (χ1) is 4.88. The van der Waals surface area contributed by atoms with Gasteiger partial charge in [-0.3, -0.25) is 10.0 Å². The van der Waals surface area contributed by atoms with Crippen LogP contribution in [0.15, 0.2) is 0 Å². The van der Waals surface area contributed by atoms with Crippen LogP contribution in [0.4, 0.5) is 0 Å². The second-order valence-electron chi connectivity index (χ2n) is 3.71. The summed E-state index contributed by atoms with van der Waals surface area (Å²) in [5.74, 6) is -0.438. The van der Waals surface area contributed by atoms with Gasteiger partial charge < -0.3 is 5.73 Å². The second kappa shape index (κ2) is 3.69. The van der Waals surface area contributed by atoms with E-state index in [1.165, 1.54) is 0 Å². The van der Waals surface area contributed by atoms with E-state index in [1.807, 2.05) is 20.8 Å². The predicted octanol–water partition coefficient (Wildman–Crippen LogP) is 0.255. The highest BCUT2D eigenvalue weighted by Crippen LogP contribution is 2.19. The van der Waals surface area contributed by atoms with Crippen molar-refractivity contribution in [1.29, 1.82) is 0 Å². The number of hydrogen-bond donors (Lipinski definition) is 3. The van der Waals surface area contributed by atoms with Crippen LogP contribution in [0.25, 0.3) is 0 Å². The van der Waals surface area contributed by atoms with Gasteiger partial charge in [-0.15, -0.1) is 0 Å². The van der Waals surface area contributed by atoms with Gasteiger partial charge in [-0.2, -0.15) is 0 Å². The molecule has 0 radical (unpaired) electrons. The zero-order valence-electron chi connectivity index (χ0n) is 7.22. The second-order valence-corrected chi connectivity index (χ2v) is 3.71. The quantitative estimate of drug-likeness (QED) is 0.400. The molecule has 0 aliphatic heterocycles. The van der Waals surface area contributed by atoms with Gasteiger partial charge in [0, 0.05) is 12.5 Å². The van der Waals surface area contributed by atoms with Crippen LogP contribution >= 0.6 is 0 Å². The third-order valence-electron chi connectivity index (χ3n) is 1.64. The lowest BCUT2D eigenvalue weighted by molar-refractivity contribution is -0.130. The number of rotatable bonds is 2. The Balaban J connectivity index is 3.87. The van der Waals surface area contributed by atoms with E-state index in [0.717, 1.165) is 0 Å². The average molecular weight is 160 g/mol. The van der Waals surface area contributed by atoms with Gasteiger partial charge in [-0.1, -0.05) is 20.8 Å². The highest BCUT2D eigenvalue weighted by atomic mass is 16.5. The molecule has 4 nitrogen and oxygen atoms in total. The Kier molecular flexibility index (Phi) is 3.48. The molecule has 0 aromatic heterocycles. The fourth-order valence-corrected chi connectivity index (χ4v) is 0.552. The summed E-state index contributed by atoms with van der Waals surface area (Å²) >= 11 is 0. The molecule has 11 heavy (non-hydrogen) atoms.